The zero-order valence-electron chi connectivity index (χ0n) is 19.5. The van der Waals surface area contributed by atoms with Crippen LogP contribution in [-0.4, -0.2) is 72.9 Å². The second-order valence-corrected chi connectivity index (χ2v) is 9.27. The number of fused-ring (bicyclic) bond motifs is 1. The second-order valence-electron chi connectivity index (χ2n) is 8.28. The van der Waals surface area contributed by atoms with Gasteiger partial charge in [-0.2, -0.15) is 0 Å². The third-order valence-corrected chi connectivity index (χ3v) is 6.75. The van der Waals surface area contributed by atoms with Gasteiger partial charge in [0.2, 0.25) is 5.91 Å². The number of morpholine rings is 1. The molecule has 0 radical (unpaired) electrons. The molecular formula is C24H22N4O8S. The molecule has 0 unspecified atom stereocenters. The lowest BCUT2D eigenvalue weighted by atomic mass is 10.1. The molecule has 0 bridgehead atoms. The summed E-state index contributed by atoms with van der Waals surface area (Å²) in [6.45, 7) is 2.39. The minimum absolute atomic E-state index is 0.0746. The summed E-state index contributed by atoms with van der Waals surface area (Å²) >= 11 is 0.675. The first kappa shape index (κ1) is 24.6. The third-order valence-electron chi connectivity index (χ3n) is 5.85. The number of anilines is 2. The molecule has 3 aliphatic heterocycles. The predicted octanol–water partition coefficient (Wildman–Crippen LogP) is 2.88. The van der Waals surface area contributed by atoms with Crippen molar-refractivity contribution in [3.05, 3.63) is 57.0 Å². The summed E-state index contributed by atoms with van der Waals surface area (Å²) in [4.78, 5) is 51.9. The molecule has 0 saturated carbocycles. The summed E-state index contributed by atoms with van der Waals surface area (Å²) in [7, 11) is 0. The molecule has 3 aliphatic rings. The summed E-state index contributed by atoms with van der Waals surface area (Å²) < 4.78 is 16.3. The minimum atomic E-state index is -0.646. The van der Waals surface area contributed by atoms with Crippen LogP contribution in [0, 0.1) is 10.1 Å². The maximum absolute atomic E-state index is 12.9. The Balaban J connectivity index is 1.28. The van der Waals surface area contributed by atoms with Crippen molar-refractivity contribution in [3.63, 3.8) is 0 Å². The van der Waals surface area contributed by atoms with Gasteiger partial charge in [-0.1, -0.05) is 6.07 Å². The van der Waals surface area contributed by atoms with E-state index in [1.807, 2.05) is 4.90 Å². The summed E-state index contributed by atoms with van der Waals surface area (Å²) in [6, 6.07) is 9.55. The Morgan fingerprint density at radius 3 is 2.57 bits per heavy atom. The Morgan fingerprint density at radius 2 is 1.81 bits per heavy atom. The van der Waals surface area contributed by atoms with E-state index in [0.29, 0.717) is 79.7 Å². The number of nitrogens with zero attached hydrogens (tertiary/aromatic N) is 3. The highest BCUT2D eigenvalue weighted by atomic mass is 32.2. The first-order valence-corrected chi connectivity index (χ1v) is 12.3. The third kappa shape index (κ3) is 5.37. The Labute approximate surface area is 215 Å². The molecule has 0 atom stereocenters. The molecule has 13 heteroatoms. The number of nitro groups is 1. The van der Waals surface area contributed by atoms with Crippen LogP contribution in [0.5, 0.6) is 11.5 Å². The normalized spacial score (nSPS) is 18.3. The van der Waals surface area contributed by atoms with E-state index in [4.69, 9.17) is 14.2 Å². The number of carbonyl (C=O) groups is 3. The smallest absolute Gasteiger partial charge is 0.294 e. The van der Waals surface area contributed by atoms with E-state index >= 15 is 0 Å². The van der Waals surface area contributed by atoms with Gasteiger partial charge in [0.05, 0.1) is 23.0 Å². The van der Waals surface area contributed by atoms with Crippen molar-refractivity contribution in [2.75, 3.05) is 56.3 Å². The van der Waals surface area contributed by atoms with Crippen LogP contribution in [0.25, 0.3) is 6.08 Å². The number of benzene rings is 2. The zero-order chi connectivity index (χ0) is 25.9. The standard InChI is InChI=1S/C24H22N4O8S/c29-22(25-16-2-4-19-20(13-16)36-10-9-35-19)14-27-23(30)21(37-24(27)31)12-15-1-3-17(18(11-15)28(32)33)26-5-7-34-8-6-26/h1-4,11-13H,5-10,14H2,(H,25,29)/b21-12-. The predicted molar refractivity (Wildman–Crippen MR) is 135 cm³/mol. The summed E-state index contributed by atoms with van der Waals surface area (Å²) in [6.07, 6.45) is 1.42. The number of thioether (sulfide) groups is 1. The largest absolute Gasteiger partial charge is 0.486 e. The maximum atomic E-state index is 12.9. The van der Waals surface area contributed by atoms with Crippen LogP contribution in [0.3, 0.4) is 0 Å². The van der Waals surface area contributed by atoms with Crippen LogP contribution in [-0.2, 0) is 14.3 Å². The van der Waals surface area contributed by atoms with E-state index < -0.39 is 28.5 Å². The fourth-order valence-corrected chi connectivity index (χ4v) is 4.94. The van der Waals surface area contributed by atoms with Gasteiger partial charge in [0.15, 0.2) is 11.5 Å². The molecule has 2 fully saturated rings. The first-order chi connectivity index (χ1) is 17.9. The SMILES string of the molecule is O=C(CN1C(=O)S/C(=C\c2ccc(N3CCOCC3)c([N+](=O)[O-])c2)C1=O)Nc1ccc2c(c1)OCCO2. The van der Waals surface area contributed by atoms with E-state index in [2.05, 4.69) is 5.32 Å². The van der Waals surface area contributed by atoms with Gasteiger partial charge in [0.1, 0.15) is 25.4 Å². The van der Waals surface area contributed by atoms with Crippen molar-refractivity contribution >= 4 is 52.0 Å². The number of nitro benzene ring substituents is 1. The number of hydrogen-bond donors (Lipinski definition) is 1. The molecule has 0 aromatic heterocycles. The number of nitrogens with one attached hydrogen (secondary N) is 1. The number of amides is 3. The number of imide groups is 1. The van der Waals surface area contributed by atoms with Crippen molar-refractivity contribution < 1.29 is 33.5 Å². The molecule has 12 nitrogen and oxygen atoms in total. The molecule has 0 aliphatic carbocycles. The maximum Gasteiger partial charge on any atom is 0.294 e. The van der Waals surface area contributed by atoms with Crippen LogP contribution in [0.1, 0.15) is 5.56 Å². The fourth-order valence-electron chi connectivity index (χ4n) is 4.10. The second kappa shape index (κ2) is 10.5. The van der Waals surface area contributed by atoms with Crippen LogP contribution in [0.2, 0.25) is 0 Å². The van der Waals surface area contributed by atoms with E-state index in [9.17, 15) is 24.5 Å². The van der Waals surface area contributed by atoms with Crippen LogP contribution in [0.15, 0.2) is 41.3 Å². The summed E-state index contributed by atoms with van der Waals surface area (Å²) in [5.74, 6) is -0.150. The van der Waals surface area contributed by atoms with Crippen LogP contribution < -0.4 is 19.7 Å². The number of carbonyl (C=O) groups excluding carboxylic acids is 3. The molecule has 2 aromatic rings. The van der Waals surface area contributed by atoms with Gasteiger partial charge in [0.25, 0.3) is 16.8 Å². The molecule has 0 spiro atoms. The number of rotatable bonds is 6. The first-order valence-electron chi connectivity index (χ1n) is 11.4. The van der Waals surface area contributed by atoms with Gasteiger partial charge < -0.3 is 24.4 Å². The van der Waals surface area contributed by atoms with Gasteiger partial charge in [-0.05, 0) is 41.6 Å². The molecule has 3 heterocycles. The molecule has 37 heavy (non-hydrogen) atoms. The monoisotopic (exact) mass is 526 g/mol. The van der Waals surface area contributed by atoms with Crippen LogP contribution in [0.4, 0.5) is 21.9 Å². The topological polar surface area (TPSA) is 141 Å². The molecular weight excluding hydrogens is 504 g/mol. The van der Waals surface area contributed by atoms with Crippen molar-refractivity contribution in [1.82, 2.24) is 4.90 Å². The van der Waals surface area contributed by atoms with Crippen molar-refractivity contribution in [2.45, 2.75) is 0 Å². The minimum Gasteiger partial charge on any atom is -0.486 e. The molecule has 1 N–H and O–H groups in total. The Kier molecular flexibility index (Phi) is 6.97. The zero-order valence-corrected chi connectivity index (χ0v) is 20.3. The van der Waals surface area contributed by atoms with E-state index in [-0.39, 0.29) is 10.6 Å². The molecule has 2 aromatic carbocycles. The van der Waals surface area contributed by atoms with Gasteiger partial charge >= 0.3 is 0 Å². The van der Waals surface area contributed by atoms with Crippen molar-refractivity contribution in [3.8, 4) is 11.5 Å². The summed E-state index contributed by atoms with van der Waals surface area (Å²) in [5, 5.41) is 13.7. The molecule has 3 amide bonds. The van der Waals surface area contributed by atoms with Gasteiger partial charge in [-0.25, -0.2) is 0 Å². The van der Waals surface area contributed by atoms with Crippen molar-refractivity contribution in [1.29, 1.82) is 0 Å². The lowest BCUT2D eigenvalue weighted by Crippen LogP contribution is -2.36. The molecule has 192 valence electrons. The summed E-state index contributed by atoms with van der Waals surface area (Å²) in [5.41, 5.74) is 1.20. The Hall–Kier alpha value is -4.10. The highest BCUT2D eigenvalue weighted by Crippen LogP contribution is 2.36. The quantitative estimate of drug-likeness (QED) is 0.339. The average molecular weight is 527 g/mol. The fraction of sp³-hybridized carbons (Fsp3) is 0.292. The molecule has 5 rings (SSSR count). The average Bonchev–Trinajstić information content (AvgIpc) is 3.16. The Bertz CT molecular complexity index is 1310. The van der Waals surface area contributed by atoms with Gasteiger partial charge in [-0.3, -0.25) is 29.4 Å². The Morgan fingerprint density at radius 1 is 1.05 bits per heavy atom. The highest BCUT2D eigenvalue weighted by Gasteiger charge is 2.36. The van der Waals surface area contributed by atoms with E-state index in [0.717, 1.165) is 4.90 Å². The number of ether oxygens (including phenoxy) is 3. The van der Waals surface area contributed by atoms with Crippen LogP contribution >= 0.6 is 11.8 Å². The van der Waals surface area contributed by atoms with Gasteiger partial charge in [-0.15, -0.1) is 0 Å². The van der Waals surface area contributed by atoms with Gasteiger partial charge in [0, 0.05) is 30.9 Å². The number of hydrogen-bond acceptors (Lipinski definition) is 10. The lowest BCUT2D eigenvalue weighted by Gasteiger charge is -2.28. The van der Waals surface area contributed by atoms with E-state index in [1.54, 1.807) is 30.3 Å². The highest BCUT2D eigenvalue weighted by molar-refractivity contribution is 8.18. The lowest BCUT2D eigenvalue weighted by molar-refractivity contribution is -0.384. The van der Waals surface area contributed by atoms with Crippen molar-refractivity contribution in [2.24, 2.45) is 0 Å². The molecule has 2 saturated heterocycles. The van der Waals surface area contributed by atoms with E-state index in [1.165, 1.54) is 12.1 Å².